The van der Waals surface area contributed by atoms with Gasteiger partial charge in [-0.2, -0.15) is 0 Å². The molecule has 0 spiro atoms. The maximum absolute atomic E-state index is 11.9. The summed E-state index contributed by atoms with van der Waals surface area (Å²) in [4.78, 5) is 0. The molecule has 4 unspecified atom stereocenters. The first-order valence-electron chi connectivity index (χ1n) is 7.85. The summed E-state index contributed by atoms with van der Waals surface area (Å²) in [6.45, 7) is 5.41. The van der Waals surface area contributed by atoms with Crippen molar-refractivity contribution in [3.8, 4) is 0 Å². The normalized spacial score (nSPS) is 44.3. The summed E-state index contributed by atoms with van der Waals surface area (Å²) in [5.41, 5.74) is 0.288. The topological polar surface area (TPSA) is 46.2 Å². The van der Waals surface area contributed by atoms with E-state index in [1.807, 2.05) is 0 Å². The molecule has 110 valence electrons. The number of hydrogen-bond acceptors (Lipinski definition) is 3. The molecule has 4 atom stereocenters. The van der Waals surface area contributed by atoms with Crippen LogP contribution >= 0.6 is 0 Å². The van der Waals surface area contributed by atoms with Crippen molar-refractivity contribution in [3.05, 3.63) is 0 Å². The first kappa shape index (κ1) is 13.9. The van der Waals surface area contributed by atoms with Gasteiger partial charge < -0.3 is 5.32 Å². The first-order chi connectivity index (χ1) is 8.91. The number of rotatable bonds is 4. The summed E-state index contributed by atoms with van der Waals surface area (Å²) in [6.07, 6.45) is 6.26. The molecule has 0 aromatic heterocycles. The number of nitrogens with one attached hydrogen (secondary N) is 1. The van der Waals surface area contributed by atoms with Gasteiger partial charge in [0, 0.05) is 12.6 Å². The van der Waals surface area contributed by atoms with Crippen LogP contribution in [0.1, 0.15) is 46.0 Å². The van der Waals surface area contributed by atoms with E-state index in [4.69, 9.17) is 0 Å². The third-order valence-corrected chi connectivity index (χ3v) is 7.68. The minimum absolute atomic E-state index is 0.288. The van der Waals surface area contributed by atoms with E-state index in [1.54, 1.807) is 0 Å². The van der Waals surface area contributed by atoms with Crippen LogP contribution < -0.4 is 5.32 Å². The Morgan fingerprint density at radius 1 is 1.21 bits per heavy atom. The quantitative estimate of drug-likeness (QED) is 0.861. The lowest BCUT2D eigenvalue weighted by Gasteiger charge is -2.43. The van der Waals surface area contributed by atoms with E-state index in [1.165, 1.54) is 25.7 Å². The van der Waals surface area contributed by atoms with Crippen molar-refractivity contribution in [1.82, 2.24) is 5.32 Å². The maximum atomic E-state index is 11.9. The largest absolute Gasteiger partial charge is 0.314 e. The van der Waals surface area contributed by atoms with E-state index in [2.05, 4.69) is 19.2 Å². The molecule has 2 saturated carbocycles. The molecule has 0 aromatic rings. The van der Waals surface area contributed by atoms with Gasteiger partial charge in [-0.05, 0) is 48.9 Å². The SMILES string of the molecule is CC(C)NCC1(C2CCS(=O)(=O)C2)CC2CCC1C2. The molecule has 3 fully saturated rings. The Morgan fingerprint density at radius 3 is 2.47 bits per heavy atom. The van der Waals surface area contributed by atoms with Gasteiger partial charge >= 0.3 is 0 Å². The van der Waals surface area contributed by atoms with Gasteiger partial charge in [0.2, 0.25) is 0 Å². The van der Waals surface area contributed by atoms with Gasteiger partial charge in [0.15, 0.2) is 9.84 Å². The van der Waals surface area contributed by atoms with Crippen molar-refractivity contribution < 1.29 is 8.42 Å². The third kappa shape index (κ3) is 2.46. The number of fused-ring (bicyclic) bond motifs is 2. The molecule has 1 heterocycles. The second-order valence-electron chi connectivity index (χ2n) is 7.45. The molecule has 3 aliphatic rings. The molecule has 1 aliphatic heterocycles. The lowest BCUT2D eigenvalue weighted by molar-refractivity contribution is 0.0838. The van der Waals surface area contributed by atoms with E-state index in [0.717, 1.165) is 24.8 Å². The Bertz CT molecular complexity index is 445. The van der Waals surface area contributed by atoms with Crippen molar-refractivity contribution in [2.45, 2.75) is 52.0 Å². The number of sulfone groups is 1. The van der Waals surface area contributed by atoms with E-state index in [-0.39, 0.29) is 5.41 Å². The summed E-state index contributed by atoms with van der Waals surface area (Å²) in [5.74, 6) is 2.96. The summed E-state index contributed by atoms with van der Waals surface area (Å²) in [7, 11) is -2.75. The first-order valence-corrected chi connectivity index (χ1v) is 9.67. The van der Waals surface area contributed by atoms with Gasteiger partial charge in [0.25, 0.3) is 0 Å². The monoisotopic (exact) mass is 285 g/mol. The zero-order chi connectivity index (χ0) is 13.7. The Hall–Kier alpha value is -0.0900. The molecule has 1 saturated heterocycles. The zero-order valence-electron chi connectivity index (χ0n) is 12.2. The molecule has 2 bridgehead atoms. The van der Waals surface area contributed by atoms with Crippen LogP contribution in [0.5, 0.6) is 0 Å². The fraction of sp³-hybridized carbons (Fsp3) is 1.00. The highest BCUT2D eigenvalue weighted by Gasteiger charge is 2.56. The highest BCUT2D eigenvalue weighted by Crippen LogP contribution is 2.60. The average Bonchev–Trinajstić information content (AvgIpc) is 3.00. The Kier molecular flexibility index (Phi) is 3.45. The molecule has 0 aromatic carbocycles. The second kappa shape index (κ2) is 4.73. The van der Waals surface area contributed by atoms with Crippen LogP contribution in [0.4, 0.5) is 0 Å². The van der Waals surface area contributed by atoms with Crippen molar-refractivity contribution in [3.63, 3.8) is 0 Å². The molecular weight excluding hydrogens is 258 g/mol. The lowest BCUT2D eigenvalue weighted by atomic mass is 9.64. The predicted molar refractivity (Wildman–Crippen MR) is 77.8 cm³/mol. The molecule has 3 nitrogen and oxygen atoms in total. The van der Waals surface area contributed by atoms with Crippen LogP contribution in [0.3, 0.4) is 0 Å². The highest BCUT2D eigenvalue weighted by molar-refractivity contribution is 7.91. The fourth-order valence-electron chi connectivity index (χ4n) is 4.99. The highest BCUT2D eigenvalue weighted by atomic mass is 32.2. The van der Waals surface area contributed by atoms with Gasteiger partial charge in [0.1, 0.15) is 0 Å². The third-order valence-electron chi connectivity index (χ3n) is 5.91. The lowest BCUT2D eigenvalue weighted by Crippen LogP contribution is -2.46. The summed E-state index contributed by atoms with van der Waals surface area (Å²) < 4.78 is 23.7. The van der Waals surface area contributed by atoms with E-state index < -0.39 is 9.84 Å². The Morgan fingerprint density at radius 2 is 2.00 bits per heavy atom. The minimum atomic E-state index is -2.75. The second-order valence-corrected chi connectivity index (χ2v) is 9.68. The van der Waals surface area contributed by atoms with Gasteiger partial charge in [-0.1, -0.05) is 20.3 Å². The van der Waals surface area contributed by atoms with Crippen LogP contribution in [-0.2, 0) is 9.84 Å². The number of hydrogen-bond donors (Lipinski definition) is 1. The Labute approximate surface area is 117 Å². The van der Waals surface area contributed by atoms with Crippen LogP contribution in [0.25, 0.3) is 0 Å². The fourth-order valence-corrected chi connectivity index (χ4v) is 6.91. The van der Waals surface area contributed by atoms with Crippen LogP contribution in [0.15, 0.2) is 0 Å². The van der Waals surface area contributed by atoms with Gasteiger partial charge in [-0.3, -0.25) is 0 Å². The smallest absolute Gasteiger partial charge is 0.150 e. The van der Waals surface area contributed by atoms with Crippen molar-refractivity contribution in [2.24, 2.45) is 23.2 Å². The van der Waals surface area contributed by atoms with Crippen molar-refractivity contribution in [1.29, 1.82) is 0 Å². The molecule has 1 N–H and O–H groups in total. The average molecular weight is 285 g/mol. The summed E-state index contributed by atoms with van der Waals surface area (Å²) >= 11 is 0. The standard InChI is InChI=1S/C15H27NO2S/c1-11(2)16-10-15(8-12-3-4-13(15)7-12)14-5-6-19(17,18)9-14/h11-14,16H,3-10H2,1-2H3. The van der Waals surface area contributed by atoms with Crippen LogP contribution in [0, 0.1) is 23.2 Å². The molecule has 0 radical (unpaired) electrons. The van der Waals surface area contributed by atoms with Gasteiger partial charge in [-0.25, -0.2) is 8.42 Å². The minimum Gasteiger partial charge on any atom is -0.314 e. The van der Waals surface area contributed by atoms with Crippen LogP contribution in [-0.4, -0.2) is 32.5 Å². The molecule has 3 rings (SSSR count). The van der Waals surface area contributed by atoms with Crippen molar-refractivity contribution >= 4 is 9.84 Å². The van der Waals surface area contributed by atoms with E-state index in [0.29, 0.717) is 23.5 Å². The van der Waals surface area contributed by atoms with E-state index >= 15 is 0 Å². The van der Waals surface area contributed by atoms with Gasteiger partial charge in [0.05, 0.1) is 11.5 Å². The summed E-state index contributed by atoms with van der Waals surface area (Å²) in [5, 5.41) is 3.62. The van der Waals surface area contributed by atoms with Gasteiger partial charge in [-0.15, -0.1) is 0 Å². The molecular formula is C15H27NO2S. The van der Waals surface area contributed by atoms with Crippen LogP contribution in [0.2, 0.25) is 0 Å². The molecule has 0 amide bonds. The van der Waals surface area contributed by atoms with Crippen molar-refractivity contribution in [2.75, 3.05) is 18.1 Å². The summed E-state index contributed by atoms with van der Waals surface area (Å²) in [6, 6.07) is 0.494. The molecule has 2 aliphatic carbocycles. The predicted octanol–water partition coefficient (Wildman–Crippen LogP) is 2.23. The van der Waals surface area contributed by atoms with E-state index in [9.17, 15) is 8.42 Å². The molecule has 4 heteroatoms. The Balaban J connectivity index is 1.81. The maximum Gasteiger partial charge on any atom is 0.150 e. The molecule has 19 heavy (non-hydrogen) atoms. The zero-order valence-corrected chi connectivity index (χ0v) is 13.0.